The van der Waals surface area contributed by atoms with Crippen molar-refractivity contribution in [3.8, 4) is 17.0 Å². The van der Waals surface area contributed by atoms with E-state index in [0.29, 0.717) is 17.1 Å². The molecule has 1 heterocycles. The summed E-state index contributed by atoms with van der Waals surface area (Å²) in [5.74, 6) is 0.333. The van der Waals surface area contributed by atoms with E-state index >= 15 is 0 Å². The Bertz CT molecular complexity index is 1050. The monoisotopic (exact) mass is 446 g/mol. The molecule has 9 heteroatoms. The minimum Gasteiger partial charge on any atom is -0.406 e. The fourth-order valence-electron chi connectivity index (χ4n) is 2.96. The van der Waals surface area contributed by atoms with E-state index < -0.39 is 6.36 Å². The summed E-state index contributed by atoms with van der Waals surface area (Å²) in [4.78, 5) is 8.75. The van der Waals surface area contributed by atoms with Crippen LogP contribution in [-0.4, -0.2) is 34.6 Å². The molecular weight excluding hydrogens is 421 g/mol. The maximum atomic E-state index is 12.6. The molecule has 0 spiro atoms. The zero-order valence-corrected chi connectivity index (χ0v) is 18.0. The van der Waals surface area contributed by atoms with Gasteiger partial charge < -0.3 is 20.5 Å². The number of anilines is 3. The summed E-state index contributed by atoms with van der Waals surface area (Å²) in [6.07, 6.45) is -4.79. The molecule has 0 aliphatic carbocycles. The van der Waals surface area contributed by atoms with Crippen LogP contribution in [-0.2, 0) is 5.41 Å². The van der Waals surface area contributed by atoms with Crippen LogP contribution in [0.3, 0.4) is 0 Å². The van der Waals surface area contributed by atoms with Crippen molar-refractivity contribution >= 4 is 17.5 Å². The van der Waals surface area contributed by atoms with Gasteiger partial charge >= 0.3 is 6.36 Å². The predicted molar refractivity (Wildman–Crippen MR) is 118 cm³/mol. The van der Waals surface area contributed by atoms with Crippen LogP contribution < -0.4 is 15.4 Å². The maximum absolute atomic E-state index is 12.6. The second kappa shape index (κ2) is 9.44. The van der Waals surface area contributed by atoms with Crippen molar-refractivity contribution in [3.63, 3.8) is 0 Å². The molecule has 0 radical (unpaired) electrons. The van der Waals surface area contributed by atoms with Gasteiger partial charge in [0.05, 0.1) is 12.3 Å². The molecule has 3 aromatic rings. The predicted octanol–water partition coefficient (Wildman–Crippen LogP) is 5.49. The molecule has 0 aliphatic heterocycles. The standard InChI is InChI=1S/C23H25F3N4O2/c1-22(2,3)16-7-9-17(10-8-16)28-20-14-19(29-21(30-20)27-11-12-31)15-5-4-6-18(13-15)32-23(24,25)26/h4-10,13-14,31H,11-12H2,1-3H3,(H2,27,28,29,30). The Morgan fingerprint density at radius 1 is 0.969 bits per heavy atom. The Labute approximate surface area is 184 Å². The summed E-state index contributed by atoms with van der Waals surface area (Å²) in [7, 11) is 0. The smallest absolute Gasteiger partial charge is 0.406 e. The van der Waals surface area contributed by atoms with Crippen molar-refractivity contribution in [2.75, 3.05) is 23.8 Å². The van der Waals surface area contributed by atoms with Gasteiger partial charge in [0, 0.05) is 23.9 Å². The third kappa shape index (κ3) is 6.58. The molecule has 0 saturated carbocycles. The van der Waals surface area contributed by atoms with E-state index in [0.717, 1.165) is 5.69 Å². The lowest BCUT2D eigenvalue weighted by atomic mass is 9.87. The molecule has 0 amide bonds. The average molecular weight is 446 g/mol. The van der Waals surface area contributed by atoms with Gasteiger partial charge in [-0.3, -0.25) is 0 Å². The van der Waals surface area contributed by atoms with Gasteiger partial charge in [-0.05, 0) is 35.2 Å². The van der Waals surface area contributed by atoms with Gasteiger partial charge in [-0.15, -0.1) is 13.2 Å². The second-order valence-corrected chi connectivity index (χ2v) is 8.14. The van der Waals surface area contributed by atoms with Gasteiger partial charge in [-0.25, -0.2) is 4.98 Å². The molecule has 3 rings (SSSR count). The van der Waals surface area contributed by atoms with Crippen molar-refractivity contribution in [1.82, 2.24) is 9.97 Å². The third-order valence-electron chi connectivity index (χ3n) is 4.51. The molecule has 32 heavy (non-hydrogen) atoms. The van der Waals surface area contributed by atoms with Crippen molar-refractivity contribution in [2.24, 2.45) is 0 Å². The number of nitrogens with one attached hydrogen (secondary N) is 2. The highest BCUT2D eigenvalue weighted by atomic mass is 19.4. The number of rotatable bonds is 7. The lowest BCUT2D eigenvalue weighted by Gasteiger charge is -2.19. The summed E-state index contributed by atoms with van der Waals surface area (Å²) < 4.78 is 41.8. The van der Waals surface area contributed by atoms with Crippen LogP contribution in [0.5, 0.6) is 5.75 Å². The molecule has 2 aromatic carbocycles. The molecule has 0 atom stereocenters. The van der Waals surface area contributed by atoms with Crippen molar-refractivity contribution in [3.05, 3.63) is 60.2 Å². The van der Waals surface area contributed by atoms with E-state index in [1.165, 1.54) is 23.8 Å². The number of ether oxygens (including phenoxy) is 1. The zero-order chi connectivity index (χ0) is 23.4. The van der Waals surface area contributed by atoms with E-state index in [2.05, 4.69) is 46.1 Å². The molecule has 6 nitrogen and oxygen atoms in total. The Hall–Kier alpha value is -3.33. The third-order valence-corrected chi connectivity index (χ3v) is 4.51. The van der Waals surface area contributed by atoms with Gasteiger partial charge in [0.15, 0.2) is 0 Å². The number of nitrogens with zero attached hydrogens (tertiary/aromatic N) is 2. The number of hydrogen-bond donors (Lipinski definition) is 3. The first-order valence-electron chi connectivity index (χ1n) is 10.0. The molecule has 0 aliphatic rings. The molecular formula is C23H25F3N4O2. The van der Waals surface area contributed by atoms with E-state index in [4.69, 9.17) is 5.11 Å². The van der Waals surface area contributed by atoms with Crippen LogP contribution in [0.1, 0.15) is 26.3 Å². The van der Waals surface area contributed by atoms with E-state index in [9.17, 15) is 13.2 Å². The number of hydrogen-bond acceptors (Lipinski definition) is 6. The van der Waals surface area contributed by atoms with Crippen molar-refractivity contribution < 1.29 is 23.0 Å². The highest BCUT2D eigenvalue weighted by Gasteiger charge is 2.31. The molecule has 0 saturated heterocycles. The SMILES string of the molecule is CC(C)(C)c1ccc(Nc2cc(-c3cccc(OC(F)(F)F)c3)nc(NCCO)n2)cc1. The Balaban J connectivity index is 1.92. The summed E-state index contributed by atoms with van der Waals surface area (Å²) in [5.41, 5.74) is 2.81. The molecule has 1 aromatic heterocycles. The first-order chi connectivity index (χ1) is 15.0. The Morgan fingerprint density at radius 3 is 2.31 bits per heavy atom. The largest absolute Gasteiger partial charge is 0.573 e. The van der Waals surface area contributed by atoms with Crippen LogP contribution in [0.2, 0.25) is 0 Å². The highest BCUT2D eigenvalue weighted by Crippen LogP contribution is 2.30. The lowest BCUT2D eigenvalue weighted by molar-refractivity contribution is -0.274. The van der Waals surface area contributed by atoms with E-state index in [-0.39, 0.29) is 30.3 Å². The molecule has 170 valence electrons. The van der Waals surface area contributed by atoms with E-state index in [1.807, 2.05) is 24.3 Å². The van der Waals surface area contributed by atoms with Gasteiger partial charge in [0.2, 0.25) is 5.95 Å². The van der Waals surface area contributed by atoms with Crippen molar-refractivity contribution in [1.29, 1.82) is 0 Å². The fourth-order valence-corrected chi connectivity index (χ4v) is 2.96. The fraction of sp³-hybridized carbons (Fsp3) is 0.304. The molecule has 3 N–H and O–H groups in total. The summed E-state index contributed by atoms with van der Waals surface area (Å²) in [6.45, 7) is 6.48. The minimum absolute atomic E-state index is 0.0193. The number of aliphatic hydroxyl groups excluding tert-OH is 1. The van der Waals surface area contributed by atoms with Crippen LogP contribution >= 0.6 is 0 Å². The molecule has 0 unspecified atom stereocenters. The second-order valence-electron chi connectivity index (χ2n) is 8.14. The van der Waals surface area contributed by atoms with Crippen LogP contribution in [0, 0.1) is 0 Å². The lowest BCUT2D eigenvalue weighted by Crippen LogP contribution is -2.17. The van der Waals surface area contributed by atoms with E-state index in [1.54, 1.807) is 12.1 Å². The van der Waals surface area contributed by atoms with Crippen molar-refractivity contribution in [2.45, 2.75) is 32.5 Å². The normalized spacial score (nSPS) is 11.8. The summed E-state index contributed by atoms with van der Waals surface area (Å²) >= 11 is 0. The summed E-state index contributed by atoms with van der Waals surface area (Å²) in [5, 5.41) is 15.2. The van der Waals surface area contributed by atoms with Crippen LogP contribution in [0.15, 0.2) is 54.6 Å². The number of aliphatic hydroxyl groups is 1. The maximum Gasteiger partial charge on any atom is 0.573 e. The quantitative estimate of drug-likeness (QED) is 0.446. The molecule has 0 fully saturated rings. The minimum atomic E-state index is -4.79. The average Bonchev–Trinajstić information content (AvgIpc) is 2.71. The number of alkyl halides is 3. The number of halogens is 3. The van der Waals surface area contributed by atoms with Gasteiger partial charge in [0.25, 0.3) is 0 Å². The molecule has 0 bridgehead atoms. The van der Waals surface area contributed by atoms with Gasteiger partial charge in [-0.2, -0.15) is 4.98 Å². The topological polar surface area (TPSA) is 79.3 Å². The first kappa shape index (κ1) is 23.3. The number of benzene rings is 2. The Morgan fingerprint density at radius 2 is 1.69 bits per heavy atom. The highest BCUT2D eigenvalue weighted by molar-refractivity contribution is 5.68. The zero-order valence-electron chi connectivity index (χ0n) is 18.0. The van der Waals surface area contributed by atoms with Gasteiger partial charge in [0.1, 0.15) is 11.6 Å². The number of aromatic nitrogens is 2. The van der Waals surface area contributed by atoms with Gasteiger partial charge in [-0.1, -0.05) is 45.0 Å². The van der Waals surface area contributed by atoms with Crippen LogP contribution in [0.25, 0.3) is 11.3 Å². The Kier molecular flexibility index (Phi) is 6.88. The van der Waals surface area contributed by atoms with Crippen LogP contribution in [0.4, 0.5) is 30.6 Å². The summed E-state index contributed by atoms with van der Waals surface area (Å²) in [6, 6.07) is 15.1. The first-order valence-corrected chi connectivity index (χ1v) is 10.0.